The molecule has 0 spiro atoms. The molecule has 0 saturated carbocycles. The lowest BCUT2D eigenvalue weighted by molar-refractivity contribution is -0.132. The average molecular weight is 355 g/mol. The summed E-state index contributed by atoms with van der Waals surface area (Å²) in [6, 6.07) is 5.12. The molecule has 1 saturated heterocycles. The van der Waals surface area contributed by atoms with Gasteiger partial charge < -0.3 is 19.3 Å². The lowest BCUT2D eigenvalue weighted by Gasteiger charge is -2.35. The number of rotatable bonds is 6. The highest BCUT2D eigenvalue weighted by Gasteiger charge is 2.25. The second-order valence-electron chi connectivity index (χ2n) is 5.57. The van der Waals surface area contributed by atoms with Gasteiger partial charge in [-0.1, -0.05) is 0 Å². The Morgan fingerprint density at radius 3 is 2.04 bits per heavy atom. The van der Waals surface area contributed by atoms with Crippen LogP contribution in [0.5, 0.6) is 11.5 Å². The van der Waals surface area contributed by atoms with Crippen molar-refractivity contribution < 1.29 is 19.1 Å². The largest absolute Gasteiger partial charge is 0.497 e. The minimum absolute atomic E-state index is 0.0833. The van der Waals surface area contributed by atoms with Gasteiger partial charge in [-0.25, -0.2) is 0 Å². The third-order valence-corrected chi connectivity index (χ3v) is 4.31. The summed E-state index contributed by atoms with van der Waals surface area (Å²) in [4.78, 5) is 28.2. The van der Waals surface area contributed by atoms with Crippen molar-refractivity contribution in [2.24, 2.45) is 0 Å². The lowest BCUT2D eigenvalue weighted by Crippen LogP contribution is -2.50. The van der Waals surface area contributed by atoms with Crippen LogP contribution in [0.3, 0.4) is 0 Å². The van der Waals surface area contributed by atoms with Gasteiger partial charge in [0.15, 0.2) is 0 Å². The van der Waals surface area contributed by atoms with Crippen molar-refractivity contribution in [3.63, 3.8) is 0 Å². The molecule has 1 heterocycles. The number of amides is 2. The summed E-state index contributed by atoms with van der Waals surface area (Å²) in [6.45, 7) is 2.14. The summed E-state index contributed by atoms with van der Waals surface area (Å²) in [5, 5.41) is 0. The molecular weight excluding hydrogens is 332 g/mol. The molecule has 0 N–H and O–H groups in total. The monoisotopic (exact) mass is 354 g/mol. The highest BCUT2D eigenvalue weighted by atomic mass is 35.5. The molecule has 132 valence electrons. The number of carbonyl (C=O) groups excluding carboxylic acids is 2. The van der Waals surface area contributed by atoms with Crippen molar-refractivity contribution in [2.45, 2.75) is 12.8 Å². The van der Waals surface area contributed by atoms with Crippen LogP contribution in [-0.2, 0) is 4.79 Å². The number of alkyl halides is 1. The first kappa shape index (κ1) is 18.4. The molecule has 6 nitrogen and oxygen atoms in total. The van der Waals surface area contributed by atoms with E-state index in [1.807, 2.05) is 0 Å². The Labute approximate surface area is 147 Å². The van der Waals surface area contributed by atoms with Crippen LogP contribution in [0.15, 0.2) is 18.2 Å². The van der Waals surface area contributed by atoms with Gasteiger partial charge in [0.1, 0.15) is 11.5 Å². The van der Waals surface area contributed by atoms with Crippen molar-refractivity contribution in [1.82, 2.24) is 9.80 Å². The number of halogens is 1. The summed E-state index contributed by atoms with van der Waals surface area (Å²) in [5.41, 5.74) is 0.521. The highest BCUT2D eigenvalue weighted by Crippen LogP contribution is 2.23. The van der Waals surface area contributed by atoms with Gasteiger partial charge in [0, 0.05) is 50.1 Å². The molecular formula is C17H23ClN2O4. The molecule has 1 aromatic carbocycles. The van der Waals surface area contributed by atoms with Crippen LogP contribution in [0.1, 0.15) is 23.2 Å². The lowest BCUT2D eigenvalue weighted by atomic mass is 10.1. The first-order valence-corrected chi connectivity index (χ1v) is 8.48. The van der Waals surface area contributed by atoms with Gasteiger partial charge in [0.05, 0.1) is 14.2 Å². The molecule has 2 amide bonds. The van der Waals surface area contributed by atoms with E-state index in [1.165, 1.54) is 0 Å². The first-order chi connectivity index (χ1) is 11.6. The van der Waals surface area contributed by atoms with E-state index in [9.17, 15) is 9.59 Å². The zero-order valence-corrected chi connectivity index (χ0v) is 14.8. The SMILES string of the molecule is COc1cc(OC)cc(C(=O)N2CCN(C(=O)CCCCl)CC2)c1. The van der Waals surface area contributed by atoms with Crippen molar-refractivity contribution >= 4 is 23.4 Å². The number of ether oxygens (including phenoxy) is 2. The number of methoxy groups -OCH3 is 2. The van der Waals surface area contributed by atoms with Crippen molar-refractivity contribution in [3.8, 4) is 11.5 Å². The number of hydrogen-bond donors (Lipinski definition) is 0. The Kier molecular flexibility index (Phi) is 6.73. The third-order valence-electron chi connectivity index (χ3n) is 4.04. The fourth-order valence-corrected chi connectivity index (χ4v) is 2.78. The fourth-order valence-electron chi connectivity index (χ4n) is 2.65. The molecule has 24 heavy (non-hydrogen) atoms. The van der Waals surface area contributed by atoms with Gasteiger partial charge >= 0.3 is 0 Å². The van der Waals surface area contributed by atoms with Gasteiger partial charge in [-0.3, -0.25) is 9.59 Å². The maximum absolute atomic E-state index is 12.7. The molecule has 1 aliphatic heterocycles. The predicted molar refractivity (Wildman–Crippen MR) is 92.0 cm³/mol. The number of carbonyl (C=O) groups is 2. The van der Waals surface area contributed by atoms with Gasteiger partial charge in [-0.2, -0.15) is 0 Å². The standard InChI is InChI=1S/C17H23ClN2O4/c1-23-14-10-13(11-15(12-14)24-2)17(22)20-8-6-19(7-9-20)16(21)4-3-5-18/h10-12H,3-9H2,1-2H3. The summed E-state index contributed by atoms with van der Waals surface area (Å²) in [5.74, 6) is 1.66. The minimum Gasteiger partial charge on any atom is -0.497 e. The van der Waals surface area contributed by atoms with Crippen LogP contribution in [-0.4, -0.2) is 67.9 Å². The molecule has 7 heteroatoms. The third kappa shape index (κ3) is 4.54. The zero-order chi connectivity index (χ0) is 17.5. The molecule has 2 rings (SSSR count). The van der Waals surface area contributed by atoms with Gasteiger partial charge in [-0.05, 0) is 18.6 Å². The molecule has 1 aliphatic rings. The topological polar surface area (TPSA) is 59.1 Å². The van der Waals surface area contributed by atoms with E-state index in [0.717, 1.165) is 0 Å². The van der Waals surface area contributed by atoms with Crippen molar-refractivity contribution in [1.29, 1.82) is 0 Å². The van der Waals surface area contributed by atoms with Crippen LogP contribution >= 0.6 is 11.6 Å². The van der Waals surface area contributed by atoms with Gasteiger partial charge in [0.25, 0.3) is 5.91 Å². The van der Waals surface area contributed by atoms with Crippen LogP contribution in [0.2, 0.25) is 0 Å². The second kappa shape index (κ2) is 8.78. The van der Waals surface area contributed by atoms with Gasteiger partial charge in [-0.15, -0.1) is 11.6 Å². The Balaban J connectivity index is 1.99. The molecule has 0 unspecified atom stereocenters. The van der Waals surface area contributed by atoms with Crippen LogP contribution in [0.4, 0.5) is 0 Å². The quantitative estimate of drug-likeness (QED) is 0.733. The fraction of sp³-hybridized carbons (Fsp3) is 0.529. The molecule has 0 atom stereocenters. The Bertz CT molecular complexity index is 564. The summed E-state index contributed by atoms with van der Waals surface area (Å²) in [6.07, 6.45) is 1.15. The predicted octanol–water partition coefficient (Wildman–Crippen LogP) is 2.01. The van der Waals surface area contributed by atoms with Crippen molar-refractivity contribution in [3.05, 3.63) is 23.8 Å². The molecule has 0 bridgehead atoms. The van der Waals surface area contributed by atoms with Crippen LogP contribution in [0, 0.1) is 0 Å². The molecule has 1 aromatic rings. The van der Waals surface area contributed by atoms with E-state index in [4.69, 9.17) is 21.1 Å². The molecule has 0 radical (unpaired) electrons. The minimum atomic E-state index is -0.0833. The maximum Gasteiger partial charge on any atom is 0.254 e. The van der Waals surface area contributed by atoms with Gasteiger partial charge in [0.2, 0.25) is 5.91 Å². The number of nitrogens with zero attached hydrogens (tertiary/aromatic N) is 2. The Morgan fingerprint density at radius 2 is 1.54 bits per heavy atom. The smallest absolute Gasteiger partial charge is 0.254 e. The van der Waals surface area contributed by atoms with E-state index in [2.05, 4.69) is 0 Å². The maximum atomic E-state index is 12.7. The summed E-state index contributed by atoms with van der Waals surface area (Å²) < 4.78 is 10.4. The van der Waals surface area contributed by atoms with E-state index in [0.29, 0.717) is 62.0 Å². The molecule has 0 aliphatic carbocycles. The number of benzene rings is 1. The van der Waals surface area contributed by atoms with E-state index >= 15 is 0 Å². The zero-order valence-electron chi connectivity index (χ0n) is 14.1. The van der Waals surface area contributed by atoms with E-state index < -0.39 is 0 Å². The molecule has 0 aromatic heterocycles. The second-order valence-corrected chi connectivity index (χ2v) is 5.94. The Hall–Kier alpha value is -1.95. The van der Waals surface area contributed by atoms with Crippen LogP contribution < -0.4 is 9.47 Å². The highest BCUT2D eigenvalue weighted by molar-refractivity contribution is 6.17. The summed E-state index contributed by atoms with van der Waals surface area (Å²) in [7, 11) is 3.10. The normalized spacial score (nSPS) is 14.5. The first-order valence-electron chi connectivity index (χ1n) is 7.95. The van der Waals surface area contributed by atoms with E-state index in [-0.39, 0.29) is 11.8 Å². The van der Waals surface area contributed by atoms with E-state index in [1.54, 1.807) is 42.2 Å². The van der Waals surface area contributed by atoms with Crippen LogP contribution in [0.25, 0.3) is 0 Å². The molecule has 1 fully saturated rings. The number of hydrogen-bond acceptors (Lipinski definition) is 4. The summed E-state index contributed by atoms with van der Waals surface area (Å²) >= 11 is 5.62. The Morgan fingerprint density at radius 1 is 1.00 bits per heavy atom. The van der Waals surface area contributed by atoms with Crippen molar-refractivity contribution in [2.75, 3.05) is 46.3 Å². The number of piperazine rings is 1. The average Bonchev–Trinajstić information content (AvgIpc) is 2.65.